The van der Waals surface area contributed by atoms with E-state index in [-0.39, 0.29) is 17.7 Å². The van der Waals surface area contributed by atoms with Crippen LogP contribution in [-0.4, -0.2) is 29.8 Å². The van der Waals surface area contributed by atoms with Crippen molar-refractivity contribution in [3.8, 4) is 0 Å². The largest absolute Gasteiger partial charge is 0.355 e. The van der Waals surface area contributed by atoms with Crippen molar-refractivity contribution in [1.29, 1.82) is 0 Å². The Bertz CT molecular complexity index is 473. The molecule has 0 bridgehead atoms. The van der Waals surface area contributed by atoms with Gasteiger partial charge in [0.2, 0.25) is 11.8 Å². The fraction of sp³-hybridized carbons (Fsp3) is 0.538. The second-order valence-electron chi connectivity index (χ2n) is 4.92. The summed E-state index contributed by atoms with van der Waals surface area (Å²) in [6, 6.07) is 2.11. The first-order valence-corrected chi connectivity index (χ1v) is 7.23. The van der Waals surface area contributed by atoms with Crippen molar-refractivity contribution in [2.75, 3.05) is 13.1 Å². The molecule has 1 atom stereocenters. The lowest BCUT2D eigenvalue weighted by Gasteiger charge is -2.32. The number of nitrogens with one attached hydrogen (secondary N) is 1. The molecule has 3 heterocycles. The van der Waals surface area contributed by atoms with Crippen LogP contribution in [-0.2, 0) is 22.6 Å². The number of thiophene rings is 1. The topological polar surface area (TPSA) is 49.4 Å². The third-order valence-corrected chi connectivity index (χ3v) is 4.76. The highest BCUT2D eigenvalue weighted by atomic mass is 32.1. The summed E-state index contributed by atoms with van der Waals surface area (Å²) in [7, 11) is 0. The molecule has 3 rings (SSSR count). The van der Waals surface area contributed by atoms with E-state index in [2.05, 4.69) is 16.8 Å². The molecule has 0 aliphatic carbocycles. The monoisotopic (exact) mass is 264 g/mol. The molecule has 2 aliphatic heterocycles. The minimum atomic E-state index is -0.0251. The molecule has 96 valence electrons. The summed E-state index contributed by atoms with van der Waals surface area (Å²) in [6.45, 7) is 2.06. The van der Waals surface area contributed by atoms with Gasteiger partial charge in [0.05, 0.1) is 5.92 Å². The maximum Gasteiger partial charge on any atom is 0.227 e. The molecule has 2 aliphatic rings. The molecule has 18 heavy (non-hydrogen) atoms. The van der Waals surface area contributed by atoms with Crippen LogP contribution in [0.4, 0.5) is 0 Å². The summed E-state index contributed by atoms with van der Waals surface area (Å²) >= 11 is 1.78. The molecule has 1 aromatic heterocycles. The lowest BCUT2D eigenvalue weighted by atomic mass is 9.96. The number of fused-ring (bicyclic) bond motifs is 1. The Morgan fingerprint density at radius 2 is 2.33 bits per heavy atom. The molecular formula is C13H16N2O2S. The third kappa shape index (κ3) is 2.14. The van der Waals surface area contributed by atoms with Gasteiger partial charge in [0.1, 0.15) is 0 Å². The molecule has 0 saturated carbocycles. The van der Waals surface area contributed by atoms with E-state index >= 15 is 0 Å². The number of piperidine rings is 1. The number of carbonyl (C=O) groups is 2. The molecule has 5 heteroatoms. The van der Waals surface area contributed by atoms with Crippen LogP contribution in [0.5, 0.6) is 0 Å². The first-order valence-electron chi connectivity index (χ1n) is 6.35. The summed E-state index contributed by atoms with van der Waals surface area (Å²) in [5.74, 6) is 0.243. The summed E-state index contributed by atoms with van der Waals surface area (Å²) < 4.78 is 0. The van der Waals surface area contributed by atoms with Gasteiger partial charge in [0.15, 0.2) is 0 Å². The molecule has 0 unspecified atom stereocenters. The number of hydrogen-bond donors (Lipinski definition) is 1. The van der Waals surface area contributed by atoms with Crippen LogP contribution in [0.1, 0.15) is 23.3 Å². The SMILES string of the molecule is O=C1CC[C@H](C(=O)N2CCc3sccc3C2)CN1. The molecule has 0 radical (unpaired) electrons. The Morgan fingerprint density at radius 3 is 3.11 bits per heavy atom. The Kier molecular flexibility index (Phi) is 3.07. The van der Waals surface area contributed by atoms with Gasteiger partial charge in [-0.15, -0.1) is 11.3 Å². The summed E-state index contributed by atoms with van der Waals surface area (Å²) in [6.07, 6.45) is 2.14. The summed E-state index contributed by atoms with van der Waals surface area (Å²) in [4.78, 5) is 26.8. The molecule has 1 fully saturated rings. The molecule has 4 nitrogen and oxygen atoms in total. The van der Waals surface area contributed by atoms with Crippen LogP contribution in [0, 0.1) is 5.92 Å². The smallest absolute Gasteiger partial charge is 0.227 e. The van der Waals surface area contributed by atoms with Gasteiger partial charge in [-0.05, 0) is 29.9 Å². The van der Waals surface area contributed by atoms with Gasteiger partial charge in [-0.2, -0.15) is 0 Å². The molecule has 1 saturated heterocycles. The highest BCUT2D eigenvalue weighted by Crippen LogP contribution is 2.25. The van der Waals surface area contributed by atoms with Gasteiger partial charge in [0.25, 0.3) is 0 Å². The number of nitrogens with zero attached hydrogens (tertiary/aromatic N) is 1. The van der Waals surface area contributed by atoms with Crippen molar-refractivity contribution in [2.24, 2.45) is 5.92 Å². The fourth-order valence-electron chi connectivity index (χ4n) is 2.64. The number of carbonyl (C=O) groups excluding carboxylic acids is 2. The fourth-order valence-corrected chi connectivity index (χ4v) is 3.53. The van der Waals surface area contributed by atoms with Crippen LogP contribution in [0.3, 0.4) is 0 Å². The zero-order chi connectivity index (χ0) is 12.5. The zero-order valence-corrected chi connectivity index (χ0v) is 11.0. The zero-order valence-electron chi connectivity index (χ0n) is 10.1. The van der Waals surface area contributed by atoms with Crippen molar-refractivity contribution < 1.29 is 9.59 Å². The molecule has 1 aromatic rings. The second-order valence-corrected chi connectivity index (χ2v) is 5.92. The van der Waals surface area contributed by atoms with Crippen molar-refractivity contribution in [1.82, 2.24) is 10.2 Å². The Balaban J connectivity index is 1.65. The lowest BCUT2D eigenvalue weighted by Crippen LogP contribution is -2.46. The first-order chi connectivity index (χ1) is 8.74. The van der Waals surface area contributed by atoms with Gasteiger partial charge < -0.3 is 10.2 Å². The molecule has 0 spiro atoms. The minimum Gasteiger partial charge on any atom is -0.355 e. The quantitative estimate of drug-likeness (QED) is 0.827. The van der Waals surface area contributed by atoms with Gasteiger partial charge in [-0.1, -0.05) is 0 Å². The standard InChI is InChI=1S/C13H16N2O2S/c16-12-2-1-9(7-14-12)13(17)15-5-3-11-10(8-15)4-6-18-11/h4,6,9H,1-3,5,7-8H2,(H,14,16)/t9-/m0/s1. The maximum atomic E-state index is 12.4. The maximum absolute atomic E-state index is 12.4. The third-order valence-electron chi connectivity index (χ3n) is 3.73. The Hall–Kier alpha value is -1.36. The normalized spacial score (nSPS) is 23.4. The molecule has 0 aromatic carbocycles. The highest BCUT2D eigenvalue weighted by Gasteiger charge is 2.30. The van der Waals surface area contributed by atoms with Crippen LogP contribution in [0.2, 0.25) is 0 Å². The average Bonchev–Trinajstić information content (AvgIpc) is 2.86. The van der Waals surface area contributed by atoms with E-state index < -0.39 is 0 Å². The van der Waals surface area contributed by atoms with Crippen molar-refractivity contribution in [3.63, 3.8) is 0 Å². The summed E-state index contributed by atoms with van der Waals surface area (Å²) in [5.41, 5.74) is 1.29. The Labute approximate surface area is 110 Å². The van der Waals surface area contributed by atoms with E-state index in [9.17, 15) is 9.59 Å². The van der Waals surface area contributed by atoms with E-state index in [0.717, 1.165) is 19.5 Å². The van der Waals surface area contributed by atoms with Crippen LogP contribution in [0.15, 0.2) is 11.4 Å². The van der Waals surface area contributed by atoms with Crippen molar-refractivity contribution in [3.05, 3.63) is 21.9 Å². The number of hydrogen-bond acceptors (Lipinski definition) is 3. The Morgan fingerprint density at radius 1 is 1.44 bits per heavy atom. The molecular weight excluding hydrogens is 248 g/mol. The van der Waals surface area contributed by atoms with Crippen LogP contribution >= 0.6 is 11.3 Å². The van der Waals surface area contributed by atoms with E-state index in [1.807, 2.05) is 4.90 Å². The van der Waals surface area contributed by atoms with E-state index in [1.54, 1.807) is 11.3 Å². The predicted molar refractivity (Wildman–Crippen MR) is 69.2 cm³/mol. The van der Waals surface area contributed by atoms with Crippen molar-refractivity contribution >= 4 is 23.2 Å². The second kappa shape index (κ2) is 4.72. The predicted octanol–water partition coefficient (Wildman–Crippen LogP) is 1.16. The van der Waals surface area contributed by atoms with Gasteiger partial charge in [0, 0.05) is 30.9 Å². The van der Waals surface area contributed by atoms with Gasteiger partial charge in [-0.3, -0.25) is 9.59 Å². The number of amides is 2. The molecule has 1 N–H and O–H groups in total. The first kappa shape index (κ1) is 11.7. The summed E-state index contributed by atoms with van der Waals surface area (Å²) in [5, 5.41) is 4.88. The van der Waals surface area contributed by atoms with Crippen LogP contribution < -0.4 is 5.32 Å². The average molecular weight is 264 g/mol. The van der Waals surface area contributed by atoms with E-state index in [4.69, 9.17) is 0 Å². The number of rotatable bonds is 1. The van der Waals surface area contributed by atoms with Crippen molar-refractivity contribution in [2.45, 2.75) is 25.8 Å². The van der Waals surface area contributed by atoms with Crippen LogP contribution in [0.25, 0.3) is 0 Å². The van der Waals surface area contributed by atoms with Gasteiger partial charge >= 0.3 is 0 Å². The minimum absolute atomic E-state index is 0.0251. The molecule has 2 amide bonds. The highest BCUT2D eigenvalue weighted by molar-refractivity contribution is 7.10. The van der Waals surface area contributed by atoms with Gasteiger partial charge in [-0.25, -0.2) is 0 Å². The lowest BCUT2D eigenvalue weighted by molar-refractivity contribution is -0.138. The van der Waals surface area contributed by atoms with E-state index in [1.165, 1.54) is 10.4 Å². The van der Waals surface area contributed by atoms with E-state index in [0.29, 0.717) is 19.4 Å².